The van der Waals surface area contributed by atoms with Gasteiger partial charge in [-0.3, -0.25) is 4.79 Å². The highest BCUT2D eigenvalue weighted by atomic mass is 19.4. The highest BCUT2D eigenvalue weighted by molar-refractivity contribution is 5.98. The smallest absolute Gasteiger partial charge is 0.326 e. The molecular formula is C21H20F6N2O. The van der Waals surface area contributed by atoms with Crippen molar-refractivity contribution in [3.8, 4) is 0 Å². The van der Waals surface area contributed by atoms with Gasteiger partial charge in [0.15, 0.2) is 5.78 Å². The van der Waals surface area contributed by atoms with E-state index in [0.717, 1.165) is 19.3 Å². The molecule has 2 aromatic rings. The van der Waals surface area contributed by atoms with Crippen molar-refractivity contribution < 1.29 is 31.1 Å². The number of nitrogens with zero attached hydrogens (tertiary/aromatic N) is 2. The molecule has 3 rings (SSSR count). The van der Waals surface area contributed by atoms with Crippen molar-refractivity contribution in [3.05, 3.63) is 53.2 Å². The van der Waals surface area contributed by atoms with Crippen LogP contribution in [-0.4, -0.2) is 17.3 Å². The van der Waals surface area contributed by atoms with Crippen molar-refractivity contribution in [1.29, 1.82) is 0 Å². The molecule has 0 amide bonds. The first kappa shape index (κ1) is 22.1. The number of rotatable bonds is 6. The molecule has 1 saturated carbocycles. The molecule has 0 aliphatic heterocycles. The number of carbonyl (C=O) groups is 1. The number of aromatic nitrogens is 1. The Labute approximate surface area is 169 Å². The van der Waals surface area contributed by atoms with Crippen molar-refractivity contribution in [2.75, 3.05) is 11.4 Å². The van der Waals surface area contributed by atoms with E-state index in [2.05, 4.69) is 4.98 Å². The van der Waals surface area contributed by atoms with Crippen LogP contribution in [0.2, 0.25) is 0 Å². The van der Waals surface area contributed by atoms with E-state index in [9.17, 15) is 31.1 Å². The molecule has 0 N–H and O–H groups in total. The molecule has 0 saturated heterocycles. The second kappa shape index (κ2) is 8.28. The summed E-state index contributed by atoms with van der Waals surface area (Å²) >= 11 is 0. The first-order chi connectivity index (χ1) is 14.0. The van der Waals surface area contributed by atoms with Gasteiger partial charge in [0.25, 0.3) is 0 Å². The molecule has 0 bridgehead atoms. The lowest BCUT2D eigenvalue weighted by Gasteiger charge is -2.26. The van der Waals surface area contributed by atoms with Gasteiger partial charge in [-0.25, -0.2) is 4.98 Å². The largest absolute Gasteiger partial charge is 0.416 e. The van der Waals surface area contributed by atoms with Crippen LogP contribution < -0.4 is 4.90 Å². The molecule has 30 heavy (non-hydrogen) atoms. The molecule has 1 aromatic heterocycles. The predicted octanol–water partition coefficient (Wildman–Crippen LogP) is 6.65. The zero-order valence-electron chi connectivity index (χ0n) is 16.1. The molecule has 9 heteroatoms. The zero-order valence-corrected chi connectivity index (χ0v) is 16.1. The Balaban J connectivity index is 2.00. The van der Waals surface area contributed by atoms with Gasteiger partial charge in [0.05, 0.1) is 11.1 Å². The monoisotopic (exact) mass is 430 g/mol. The summed E-state index contributed by atoms with van der Waals surface area (Å²) in [5.41, 5.74) is -2.64. The number of Topliss-reactive ketones (excluding diaryl/α,β-unsaturated/α-hetero) is 1. The number of benzene rings is 1. The molecule has 3 nitrogen and oxygen atoms in total. The number of halogens is 6. The predicted molar refractivity (Wildman–Crippen MR) is 99.7 cm³/mol. The molecule has 0 atom stereocenters. The van der Waals surface area contributed by atoms with Crippen molar-refractivity contribution in [3.63, 3.8) is 0 Å². The third-order valence-electron chi connectivity index (χ3n) is 5.12. The Morgan fingerprint density at radius 2 is 1.63 bits per heavy atom. The summed E-state index contributed by atoms with van der Waals surface area (Å²) in [4.78, 5) is 17.8. The highest BCUT2D eigenvalue weighted by Crippen LogP contribution is 2.39. The number of carbonyl (C=O) groups excluding carboxylic acids is 1. The minimum absolute atomic E-state index is 0.0396. The normalized spacial score (nSPS) is 15.0. The van der Waals surface area contributed by atoms with E-state index in [1.807, 2.05) is 0 Å². The van der Waals surface area contributed by atoms with E-state index >= 15 is 0 Å². The lowest BCUT2D eigenvalue weighted by Crippen LogP contribution is -2.23. The summed E-state index contributed by atoms with van der Waals surface area (Å²) in [6, 6.07) is 4.43. The number of alkyl halides is 6. The van der Waals surface area contributed by atoms with Crippen LogP contribution in [0.5, 0.6) is 0 Å². The zero-order chi connectivity index (χ0) is 22.1. The van der Waals surface area contributed by atoms with E-state index in [4.69, 9.17) is 0 Å². The molecular weight excluding hydrogens is 410 g/mol. The van der Waals surface area contributed by atoms with Gasteiger partial charge in [0.2, 0.25) is 0 Å². The highest BCUT2D eigenvalue weighted by Gasteiger charge is 2.37. The van der Waals surface area contributed by atoms with Crippen molar-refractivity contribution in [1.82, 2.24) is 4.98 Å². The van der Waals surface area contributed by atoms with Crippen LogP contribution in [-0.2, 0) is 12.4 Å². The van der Waals surface area contributed by atoms with E-state index in [1.165, 1.54) is 23.2 Å². The third-order valence-corrected chi connectivity index (χ3v) is 5.12. The minimum Gasteiger partial charge on any atom is -0.326 e. The van der Waals surface area contributed by atoms with Gasteiger partial charge < -0.3 is 4.90 Å². The van der Waals surface area contributed by atoms with Gasteiger partial charge in [0, 0.05) is 29.9 Å². The van der Waals surface area contributed by atoms with Crippen molar-refractivity contribution >= 4 is 17.3 Å². The standard InChI is InChI=1S/C21H20F6N2O/c1-2-8-29(18-7-6-14(12-28-18)19(30)13-4-3-5-13)17-10-15(20(22,23)24)9-16(11-17)21(25,26)27/h6-7,9-13H,2-5,8H2,1H3. The van der Waals surface area contributed by atoms with E-state index in [0.29, 0.717) is 24.1 Å². The lowest BCUT2D eigenvalue weighted by molar-refractivity contribution is -0.143. The third kappa shape index (κ3) is 4.76. The summed E-state index contributed by atoms with van der Waals surface area (Å²) in [5.74, 6) is 0.0948. The number of hydrogen-bond acceptors (Lipinski definition) is 3. The fourth-order valence-corrected chi connectivity index (χ4v) is 3.29. The van der Waals surface area contributed by atoms with Crippen LogP contribution in [0.25, 0.3) is 0 Å². The summed E-state index contributed by atoms with van der Waals surface area (Å²) in [7, 11) is 0. The fourth-order valence-electron chi connectivity index (χ4n) is 3.29. The summed E-state index contributed by atoms with van der Waals surface area (Å²) < 4.78 is 79.2. The number of pyridine rings is 1. The Morgan fingerprint density at radius 3 is 2.03 bits per heavy atom. The van der Waals surface area contributed by atoms with Gasteiger partial charge in [-0.1, -0.05) is 13.3 Å². The van der Waals surface area contributed by atoms with E-state index in [-0.39, 0.29) is 35.8 Å². The van der Waals surface area contributed by atoms with Crippen LogP contribution in [0.3, 0.4) is 0 Å². The quantitative estimate of drug-likeness (QED) is 0.380. The first-order valence-corrected chi connectivity index (χ1v) is 9.58. The van der Waals surface area contributed by atoms with Crippen molar-refractivity contribution in [2.45, 2.75) is 45.0 Å². The summed E-state index contributed by atoms with van der Waals surface area (Å²) in [6.45, 7) is 1.90. The molecule has 1 aromatic carbocycles. The van der Waals surface area contributed by atoms with Crippen LogP contribution in [0.4, 0.5) is 37.8 Å². The van der Waals surface area contributed by atoms with Gasteiger partial charge in [-0.2, -0.15) is 26.3 Å². The van der Waals surface area contributed by atoms with E-state index < -0.39 is 23.5 Å². The molecule has 0 unspecified atom stereocenters. The second-order valence-corrected chi connectivity index (χ2v) is 7.31. The molecule has 162 valence electrons. The van der Waals surface area contributed by atoms with Crippen LogP contribution in [0.1, 0.15) is 54.1 Å². The average molecular weight is 430 g/mol. The second-order valence-electron chi connectivity index (χ2n) is 7.31. The maximum Gasteiger partial charge on any atom is 0.416 e. The summed E-state index contributed by atoms with van der Waals surface area (Å²) in [5, 5.41) is 0. The Kier molecular flexibility index (Phi) is 6.10. The molecule has 0 radical (unpaired) electrons. The maximum absolute atomic E-state index is 13.2. The molecule has 0 spiro atoms. The Hall–Kier alpha value is -2.58. The molecule has 1 aliphatic carbocycles. The molecule has 1 aliphatic rings. The SMILES string of the molecule is CCCN(c1cc(C(F)(F)F)cc(C(F)(F)F)c1)c1ccc(C(=O)C2CCC2)cn1. The first-order valence-electron chi connectivity index (χ1n) is 9.58. The number of hydrogen-bond donors (Lipinski definition) is 0. The number of anilines is 2. The van der Waals surface area contributed by atoms with Gasteiger partial charge in [-0.15, -0.1) is 0 Å². The maximum atomic E-state index is 13.2. The molecule has 1 fully saturated rings. The lowest BCUT2D eigenvalue weighted by atomic mass is 9.80. The average Bonchev–Trinajstić information content (AvgIpc) is 2.63. The van der Waals surface area contributed by atoms with Crippen LogP contribution >= 0.6 is 0 Å². The minimum atomic E-state index is -4.93. The van der Waals surface area contributed by atoms with Crippen LogP contribution in [0.15, 0.2) is 36.5 Å². The van der Waals surface area contributed by atoms with Crippen LogP contribution in [0, 0.1) is 5.92 Å². The Morgan fingerprint density at radius 1 is 1.03 bits per heavy atom. The van der Waals surface area contributed by atoms with E-state index in [1.54, 1.807) is 6.92 Å². The Bertz CT molecular complexity index is 869. The van der Waals surface area contributed by atoms with Gasteiger partial charge in [-0.05, 0) is 49.6 Å². The fraction of sp³-hybridized carbons (Fsp3) is 0.429. The summed E-state index contributed by atoms with van der Waals surface area (Å²) in [6.07, 6.45) is -5.46. The van der Waals surface area contributed by atoms with Gasteiger partial charge >= 0.3 is 12.4 Å². The molecule has 1 heterocycles. The number of ketones is 1. The van der Waals surface area contributed by atoms with Gasteiger partial charge in [0.1, 0.15) is 5.82 Å². The topological polar surface area (TPSA) is 33.2 Å². The van der Waals surface area contributed by atoms with Crippen molar-refractivity contribution in [2.24, 2.45) is 5.92 Å².